The number of ether oxygens (including phenoxy) is 1. The quantitative estimate of drug-likeness (QED) is 0.158. The maximum absolute atomic E-state index is 9.31. The number of hydrogen-bond acceptors (Lipinski definition) is 2. The van der Waals surface area contributed by atoms with Crippen LogP contribution < -0.4 is 4.74 Å². The summed E-state index contributed by atoms with van der Waals surface area (Å²) in [4.78, 5) is 0. The third kappa shape index (κ3) is 5.96. The number of fused-ring (bicyclic) bond motifs is 3. The van der Waals surface area contributed by atoms with Crippen LogP contribution in [0.1, 0.15) is 94.7 Å². The minimum Gasteiger partial charge on any atom is -0.497 e. The van der Waals surface area contributed by atoms with Crippen LogP contribution in [0.15, 0.2) is 84.9 Å². The summed E-state index contributed by atoms with van der Waals surface area (Å²) in [6.45, 7) is 4.59. The maximum atomic E-state index is 9.31. The number of rotatable bonds is 13. The van der Waals surface area contributed by atoms with E-state index in [1.807, 2.05) is 12.1 Å². The van der Waals surface area contributed by atoms with Crippen LogP contribution in [-0.2, 0) is 5.41 Å². The van der Waals surface area contributed by atoms with Gasteiger partial charge >= 0.3 is 0 Å². The van der Waals surface area contributed by atoms with Gasteiger partial charge in [-0.3, -0.25) is 0 Å². The lowest BCUT2D eigenvalue weighted by molar-refractivity contribution is 0.401. The summed E-state index contributed by atoms with van der Waals surface area (Å²) < 4.78 is 5.43. The van der Waals surface area contributed by atoms with Gasteiger partial charge in [-0.25, -0.2) is 0 Å². The van der Waals surface area contributed by atoms with E-state index in [4.69, 9.17) is 4.74 Å². The molecule has 0 spiro atoms. The van der Waals surface area contributed by atoms with E-state index < -0.39 is 0 Å². The third-order valence-electron chi connectivity index (χ3n) is 9.05. The number of benzene rings is 4. The molecule has 0 atom stereocenters. The van der Waals surface area contributed by atoms with Crippen LogP contribution in [0, 0.1) is 11.3 Å². The first-order valence-electron chi connectivity index (χ1n) is 15.6. The van der Waals surface area contributed by atoms with Gasteiger partial charge < -0.3 is 4.74 Å². The molecule has 0 heterocycles. The van der Waals surface area contributed by atoms with Crippen LogP contribution in [0.3, 0.4) is 0 Å². The monoisotopic (exact) mass is 541 g/mol. The van der Waals surface area contributed by atoms with Crippen LogP contribution in [0.25, 0.3) is 33.4 Å². The molecule has 0 aliphatic heterocycles. The molecule has 0 N–H and O–H groups in total. The van der Waals surface area contributed by atoms with E-state index in [1.54, 1.807) is 7.11 Å². The molecule has 2 nitrogen and oxygen atoms in total. The topological polar surface area (TPSA) is 33.0 Å². The van der Waals surface area contributed by atoms with Crippen LogP contribution in [0.5, 0.6) is 5.75 Å². The zero-order valence-corrected chi connectivity index (χ0v) is 25.0. The van der Waals surface area contributed by atoms with Crippen molar-refractivity contribution in [3.05, 3.63) is 102 Å². The summed E-state index contributed by atoms with van der Waals surface area (Å²) in [6, 6.07) is 33.0. The highest BCUT2D eigenvalue weighted by molar-refractivity contribution is 5.86. The second-order valence-electron chi connectivity index (χ2n) is 11.6. The molecule has 0 saturated carbocycles. The minimum atomic E-state index is 0.0111. The van der Waals surface area contributed by atoms with Crippen LogP contribution >= 0.6 is 0 Å². The largest absolute Gasteiger partial charge is 0.497 e. The zero-order valence-electron chi connectivity index (χ0n) is 25.0. The van der Waals surface area contributed by atoms with E-state index in [0.717, 1.165) is 5.75 Å². The summed E-state index contributed by atoms with van der Waals surface area (Å²) in [5.41, 5.74) is 11.4. The first-order chi connectivity index (χ1) is 20.1. The molecular formula is C39H43NO. The maximum Gasteiger partial charge on any atom is 0.118 e. The molecule has 41 heavy (non-hydrogen) atoms. The summed E-state index contributed by atoms with van der Waals surface area (Å²) in [7, 11) is 1.72. The van der Waals surface area contributed by atoms with Crippen molar-refractivity contribution in [1.29, 1.82) is 5.26 Å². The minimum absolute atomic E-state index is 0.0111. The van der Waals surface area contributed by atoms with Gasteiger partial charge in [0.1, 0.15) is 5.75 Å². The molecule has 210 valence electrons. The van der Waals surface area contributed by atoms with Gasteiger partial charge in [0.15, 0.2) is 0 Å². The van der Waals surface area contributed by atoms with Crippen molar-refractivity contribution < 1.29 is 4.74 Å². The Morgan fingerprint density at radius 3 is 1.49 bits per heavy atom. The van der Waals surface area contributed by atoms with E-state index in [1.165, 1.54) is 109 Å². The Hall–Kier alpha value is -3.83. The fraction of sp³-hybridized carbons (Fsp3) is 0.359. The lowest BCUT2D eigenvalue weighted by Gasteiger charge is -2.33. The highest BCUT2D eigenvalue weighted by atomic mass is 16.5. The van der Waals surface area contributed by atoms with Crippen LogP contribution in [-0.4, -0.2) is 7.11 Å². The number of nitriles is 1. The zero-order chi connectivity index (χ0) is 28.7. The second kappa shape index (κ2) is 13.2. The van der Waals surface area contributed by atoms with Gasteiger partial charge in [0.25, 0.3) is 0 Å². The Morgan fingerprint density at radius 2 is 1.05 bits per heavy atom. The fourth-order valence-electron chi connectivity index (χ4n) is 6.75. The molecule has 1 aliphatic rings. The summed E-state index contributed by atoms with van der Waals surface area (Å²) >= 11 is 0. The molecule has 0 radical (unpaired) electrons. The van der Waals surface area contributed by atoms with Crippen molar-refractivity contribution in [2.75, 3.05) is 7.11 Å². The third-order valence-corrected chi connectivity index (χ3v) is 9.05. The van der Waals surface area contributed by atoms with Gasteiger partial charge in [0.05, 0.1) is 18.7 Å². The van der Waals surface area contributed by atoms with Gasteiger partial charge in [-0.2, -0.15) is 5.26 Å². The average Bonchev–Trinajstić information content (AvgIpc) is 3.30. The molecule has 0 amide bonds. The number of methoxy groups -OCH3 is 1. The molecule has 0 saturated heterocycles. The molecule has 0 aromatic heterocycles. The van der Waals surface area contributed by atoms with E-state index in [0.29, 0.717) is 5.56 Å². The summed E-state index contributed by atoms with van der Waals surface area (Å²) in [6.07, 6.45) is 12.5. The van der Waals surface area contributed by atoms with E-state index in [9.17, 15) is 5.26 Å². The van der Waals surface area contributed by atoms with Crippen LogP contribution in [0.2, 0.25) is 0 Å². The smallest absolute Gasteiger partial charge is 0.118 e. The normalized spacial score (nSPS) is 12.9. The van der Waals surface area contributed by atoms with Crippen molar-refractivity contribution in [1.82, 2.24) is 0 Å². The molecule has 5 rings (SSSR count). The Kier molecular flexibility index (Phi) is 9.25. The number of hydrogen-bond donors (Lipinski definition) is 0. The summed E-state index contributed by atoms with van der Waals surface area (Å²) in [5.74, 6) is 0.888. The van der Waals surface area contributed by atoms with Crippen molar-refractivity contribution in [3.63, 3.8) is 0 Å². The Balaban J connectivity index is 1.63. The average molecular weight is 542 g/mol. The van der Waals surface area contributed by atoms with E-state index in [-0.39, 0.29) is 5.41 Å². The van der Waals surface area contributed by atoms with Gasteiger partial charge in [-0.05, 0) is 93.7 Å². The molecule has 0 bridgehead atoms. The van der Waals surface area contributed by atoms with Crippen molar-refractivity contribution in [2.24, 2.45) is 0 Å². The Morgan fingerprint density at radius 1 is 0.585 bits per heavy atom. The molecule has 2 heteroatoms. The van der Waals surface area contributed by atoms with Gasteiger partial charge in [0, 0.05) is 5.41 Å². The first kappa shape index (κ1) is 28.7. The molecule has 4 aromatic rings. The van der Waals surface area contributed by atoms with Crippen molar-refractivity contribution >= 4 is 0 Å². The highest BCUT2D eigenvalue weighted by Gasteiger charge is 2.42. The molecule has 0 unspecified atom stereocenters. The van der Waals surface area contributed by atoms with Crippen molar-refractivity contribution in [3.8, 4) is 45.2 Å². The molecule has 0 fully saturated rings. The first-order valence-corrected chi connectivity index (χ1v) is 15.6. The molecular weight excluding hydrogens is 498 g/mol. The molecule has 1 aliphatic carbocycles. The predicted octanol–water partition coefficient (Wildman–Crippen LogP) is 11.1. The summed E-state index contributed by atoms with van der Waals surface area (Å²) in [5, 5.41) is 9.31. The SMILES string of the molecule is CCCCCCC1(CCCCCC)c2cc(-c3ccc(C#N)cc3)ccc2-c2ccc(-c3ccc(OC)cc3)cc21. The standard InChI is InChI=1S/C39H43NO/c1-4-6-8-10-24-39(25-11-9-7-5-2)37-26-32(30-14-12-29(28-40)13-15-30)18-22-35(37)36-23-19-33(27-38(36)39)31-16-20-34(41-3)21-17-31/h12-23,26-27H,4-11,24-25H2,1-3H3. The van der Waals surface area contributed by atoms with Gasteiger partial charge in [-0.1, -0.05) is 114 Å². The number of nitrogens with zero attached hydrogens (tertiary/aromatic N) is 1. The number of unbranched alkanes of at least 4 members (excludes halogenated alkanes) is 6. The Bertz CT molecular complexity index is 1480. The lowest BCUT2D eigenvalue weighted by Crippen LogP contribution is -2.25. The molecule has 4 aromatic carbocycles. The van der Waals surface area contributed by atoms with Crippen LogP contribution in [0.4, 0.5) is 0 Å². The van der Waals surface area contributed by atoms with E-state index >= 15 is 0 Å². The Labute approximate surface area is 247 Å². The lowest BCUT2D eigenvalue weighted by atomic mass is 9.70. The van der Waals surface area contributed by atoms with E-state index in [2.05, 4.69) is 92.7 Å². The fourth-order valence-corrected chi connectivity index (χ4v) is 6.75. The highest BCUT2D eigenvalue weighted by Crippen LogP contribution is 2.55. The van der Waals surface area contributed by atoms with Crippen molar-refractivity contribution in [2.45, 2.75) is 83.5 Å². The van der Waals surface area contributed by atoms with Gasteiger partial charge in [-0.15, -0.1) is 0 Å². The second-order valence-corrected chi connectivity index (χ2v) is 11.6. The van der Waals surface area contributed by atoms with Gasteiger partial charge in [0.2, 0.25) is 0 Å². The predicted molar refractivity (Wildman–Crippen MR) is 172 cm³/mol.